The van der Waals surface area contributed by atoms with E-state index in [1.807, 2.05) is 48.5 Å². The smallest absolute Gasteiger partial charge is 0.410 e. The van der Waals surface area contributed by atoms with Gasteiger partial charge in [-0.15, -0.1) is 0 Å². The van der Waals surface area contributed by atoms with Crippen LogP contribution in [0.3, 0.4) is 0 Å². The van der Waals surface area contributed by atoms with Gasteiger partial charge >= 0.3 is 18.2 Å². The van der Waals surface area contributed by atoms with Crippen molar-refractivity contribution in [2.24, 2.45) is 11.8 Å². The number of aliphatic hydroxyl groups is 1. The standard InChI is InChI=1S/C27H34N2O4Si.C25H29NO4Si.C4H5NO2.H2O/c1-18-23(26(18)34(2,3)4)15-29(16-25(31)28-13-14-30)27(32)33-17-24-21-11-7-5-9-19(21)20-10-6-8-12-22(20)24;1-16-21(24(16)31(2,3)4)13-26(14-23(27)28)25(29)30-15-22-19-11-7-5-9-17(19)18-10-6-8-12-20(18)22;6-3-1-2-4(7)5-3;/h5-12,23-24,30H,13-17H2,1-4H3,(H,28,31);5-12,21-22H,13-15H2,1-4H3,(H,27,28);1-2H2,(H,5,6,7);1H2. The second-order valence-corrected chi connectivity index (χ2v) is 31.2. The highest BCUT2D eigenvalue weighted by molar-refractivity contribution is 6.84. The van der Waals surface area contributed by atoms with Crippen molar-refractivity contribution in [2.75, 3.05) is 52.5 Å². The highest BCUT2D eigenvalue weighted by atomic mass is 28.3. The fraction of sp³-hybridized carbons (Fsp3) is 0.393. The van der Waals surface area contributed by atoms with Crippen molar-refractivity contribution in [1.82, 2.24) is 20.4 Å². The minimum atomic E-state index is -1.46. The molecule has 1 saturated heterocycles. The molecule has 5 aliphatic rings. The van der Waals surface area contributed by atoms with Gasteiger partial charge in [0.15, 0.2) is 0 Å². The first-order valence-corrected chi connectivity index (χ1v) is 31.7. The van der Waals surface area contributed by atoms with E-state index in [4.69, 9.17) is 14.6 Å². The largest absolute Gasteiger partial charge is 0.480 e. The maximum Gasteiger partial charge on any atom is 0.410 e. The number of hydrogen-bond acceptors (Lipinski definition) is 9. The van der Waals surface area contributed by atoms with Crippen LogP contribution in [0.5, 0.6) is 0 Å². The Bertz CT molecular complexity index is 2710. The zero-order valence-corrected chi connectivity index (χ0v) is 45.2. The number of nitrogens with one attached hydrogen (secondary N) is 2. The summed E-state index contributed by atoms with van der Waals surface area (Å²) in [6.07, 6.45) is -0.285. The Morgan fingerprint density at radius 3 is 1.22 bits per heavy atom. The minimum Gasteiger partial charge on any atom is -0.480 e. The van der Waals surface area contributed by atoms with Crippen molar-refractivity contribution in [3.05, 3.63) is 141 Å². The van der Waals surface area contributed by atoms with Gasteiger partial charge < -0.3 is 30.5 Å². The first-order chi connectivity index (χ1) is 34.2. The third-order valence-electron chi connectivity index (χ3n) is 14.0. The topological polar surface area (TPSA) is 223 Å². The van der Waals surface area contributed by atoms with Crippen LogP contribution in [0.2, 0.25) is 39.3 Å². The molecule has 4 aromatic rings. The SMILES string of the molecule is CC1=C([Si](C)(C)C)C1CN(CC(=O)NCCO)C(=O)OCC1c2ccccc2-c2ccccc21.CC1=C([Si](C)(C)C)C1CN(CC(=O)O)C(=O)OCC1c2ccccc2-c2ccccc21.O.O=C1CCC(=O)N1. The second kappa shape index (κ2) is 23.5. The van der Waals surface area contributed by atoms with Crippen LogP contribution < -0.4 is 10.6 Å². The highest BCUT2D eigenvalue weighted by Crippen LogP contribution is 2.48. The second-order valence-electron chi connectivity index (χ2n) is 21.1. The summed E-state index contributed by atoms with van der Waals surface area (Å²) in [4.78, 5) is 73.0. The predicted molar refractivity (Wildman–Crippen MR) is 286 cm³/mol. The molecule has 17 heteroatoms. The van der Waals surface area contributed by atoms with Crippen LogP contribution in [-0.2, 0) is 28.7 Å². The van der Waals surface area contributed by atoms with Crippen LogP contribution in [-0.4, -0.2) is 130 Å². The van der Waals surface area contributed by atoms with Gasteiger partial charge in [-0.2, -0.15) is 0 Å². The number of benzene rings is 4. The zero-order valence-electron chi connectivity index (χ0n) is 43.2. The summed E-state index contributed by atoms with van der Waals surface area (Å²) in [6, 6.07) is 32.8. The molecule has 15 nitrogen and oxygen atoms in total. The molecule has 4 aliphatic carbocycles. The maximum atomic E-state index is 13.2. The summed E-state index contributed by atoms with van der Waals surface area (Å²) in [6.45, 7) is 18.8. The zero-order chi connectivity index (χ0) is 52.1. The molecule has 2 atom stereocenters. The van der Waals surface area contributed by atoms with Gasteiger partial charge in [0, 0.05) is 56.1 Å². The van der Waals surface area contributed by atoms with E-state index in [2.05, 4.69) is 112 Å². The summed E-state index contributed by atoms with van der Waals surface area (Å²) in [7, 11) is -2.92. The Balaban J connectivity index is 0.000000208. The van der Waals surface area contributed by atoms with Gasteiger partial charge in [-0.05, 0) is 58.4 Å². The van der Waals surface area contributed by atoms with Gasteiger partial charge in [-0.25, -0.2) is 9.59 Å². The molecule has 0 aromatic heterocycles. The number of carbonyl (C=O) groups is 6. The molecule has 1 fully saturated rings. The van der Waals surface area contributed by atoms with Crippen molar-refractivity contribution >= 4 is 52.0 Å². The predicted octanol–water partition coefficient (Wildman–Crippen LogP) is 7.91. The molecule has 1 heterocycles. The number of carbonyl (C=O) groups excluding carboxylic acids is 5. The highest BCUT2D eigenvalue weighted by Gasteiger charge is 2.44. The van der Waals surface area contributed by atoms with Crippen LogP contribution in [0.15, 0.2) is 119 Å². The first kappa shape index (κ1) is 55.6. The molecule has 6 N–H and O–H groups in total. The number of aliphatic hydroxyl groups excluding tert-OH is 1. The molecule has 0 bridgehead atoms. The molecule has 0 radical (unpaired) electrons. The summed E-state index contributed by atoms with van der Waals surface area (Å²) in [5.41, 5.74) is 11.9. The van der Waals surface area contributed by atoms with Crippen molar-refractivity contribution in [1.29, 1.82) is 0 Å². The molecule has 2 unspecified atom stereocenters. The Labute approximate surface area is 430 Å². The minimum absolute atomic E-state index is 0. The van der Waals surface area contributed by atoms with Crippen molar-refractivity contribution in [3.63, 3.8) is 0 Å². The summed E-state index contributed by atoms with van der Waals surface area (Å²) >= 11 is 0. The Hall–Kier alpha value is -6.67. The number of amides is 5. The molecule has 0 spiro atoms. The Morgan fingerprint density at radius 2 is 0.932 bits per heavy atom. The lowest BCUT2D eigenvalue weighted by atomic mass is 9.98. The average molecular weight is 1030 g/mol. The third-order valence-corrected chi connectivity index (χ3v) is 18.7. The van der Waals surface area contributed by atoms with E-state index in [1.54, 1.807) is 0 Å². The van der Waals surface area contributed by atoms with E-state index in [9.17, 15) is 33.9 Å². The van der Waals surface area contributed by atoms with Crippen molar-refractivity contribution < 1.29 is 53.9 Å². The molecule has 5 amide bonds. The molecular weight excluding hydrogens is 961 g/mol. The van der Waals surface area contributed by atoms with Crippen LogP contribution in [0.4, 0.5) is 9.59 Å². The fourth-order valence-corrected chi connectivity index (χ4v) is 16.1. The fourth-order valence-electron chi connectivity index (χ4n) is 10.8. The van der Waals surface area contributed by atoms with Gasteiger partial charge in [0.1, 0.15) is 26.3 Å². The quantitative estimate of drug-likeness (QED) is 0.0627. The van der Waals surface area contributed by atoms with E-state index >= 15 is 0 Å². The third kappa shape index (κ3) is 13.3. The van der Waals surface area contributed by atoms with E-state index in [0.717, 1.165) is 22.3 Å². The van der Waals surface area contributed by atoms with Gasteiger partial charge in [-0.3, -0.25) is 34.3 Å². The van der Waals surface area contributed by atoms with E-state index in [-0.39, 0.29) is 86.3 Å². The molecule has 0 saturated carbocycles. The average Bonchev–Trinajstić information content (AvgIpc) is 4.00. The van der Waals surface area contributed by atoms with Gasteiger partial charge in [0.25, 0.3) is 0 Å². The Morgan fingerprint density at radius 1 is 0.589 bits per heavy atom. The molecule has 388 valence electrons. The number of rotatable bonds is 16. The number of aliphatic carboxylic acids is 1. The number of carboxylic acid groups (broad SMARTS) is 1. The van der Waals surface area contributed by atoms with Crippen molar-refractivity contribution in [2.45, 2.75) is 77.8 Å². The number of hydrogen-bond donors (Lipinski definition) is 4. The molecule has 4 aromatic carbocycles. The van der Waals surface area contributed by atoms with E-state index in [0.29, 0.717) is 25.9 Å². The lowest BCUT2D eigenvalue weighted by Gasteiger charge is -2.24. The number of imide groups is 1. The lowest BCUT2D eigenvalue weighted by Crippen LogP contribution is -2.43. The van der Waals surface area contributed by atoms with E-state index in [1.165, 1.54) is 53.6 Å². The Kier molecular flexibility index (Phi) is 17.9. The number of fused-ring (bicyclic) bond motifs is 6. The number of ether oxygens (including phenoxy) is 2. The summed E-state index contributed by atoms with van der Waals surface area (Å²) < 4.78 is 11.5. The summed E-state index contributed by atoms with van der Waals surface area (Å²) in [5, 5.41) is 26.1. The number of nitrogens with zero attached hydrogens (tertiary/aromatic N) is 2. The molecule has 73 heavy (non-hydrogen) atoms. The molecule has 1 aliphatic heterocycles. The molecular formula is C56H70N4O11Si2. The van der Waals surface area contributed by atoms with Gasteiger partial charge in [0.2, 0.25) is 17.7 Å². The lowest BCUT2D eigenvalue weighted by molar-refractivity contribution is -0.138. The normalized spacial score (nSPS) is 17.0. The van der Waals surface area contributed by atoms with Crippen LogP contribution >= 0.6 is 0 Å². The van der Waals surface area contributed by atoms with Gasteiger partial charge in [-0.1, -0.05) is 158 Å². The number of carboxylic acids is 1. The van der Waals surface area contributed by atoms with E-state index < -0.39 is 34.3 Å². The maximum absolute atomic E-state index is 13.2. The van der Waals surface area contributed by atoms with Crippen LogP contribution in [0.25, 0.3) is 22.3 Å². The van der Waals surface area contributed by atoms with Crippen LogP contribution in [0, 0.1) is 11.8 Å². The molecule has 9 rings (SSSR count). The van der Waals surface area contributed by atoms with Crippen LogP contribution in [0.1, 0.15) is 60.8 Å². The monoisotopic (exact) mass is 1030 g/mol. The van der Waals surface area contributed by atoms with Crippen molar-refractivity contribution in [3.8, 4) is 22.3 Å². The van der Waals surface area contributed by atoms with Gasteiger partial charge in [0.05, 0.1) is 22.8 Å². The first-order valence-electron chi connectivity index (χ1n) is 24.7. The summed E-state index contributed by atoms with van der Waals surface area (Å²) in [5.74, 6) is -1.25.